The minimum absolute atomic E-state index is 0.113. The van der Waals surface area contributed by atoms with E-state index < -0.39 is 5.66 Å². The first-order chi connectivity index (χ1) is 20.1. The van der Waals surface area contributed by atoms with Crippen molar-refractivity contribution in [1.29, 1.82) is 0 Å². The molecule has 0 saturated carbocycles. The van der Waals surface area contributed by atoms with Crippen LogP contribution in [0.25, 0.3) is 11.3 Å². The van der Waals surface area contributed by atoms with Crippen LogP contribution in [0.1, 0.15) is 22.3 Å². The van der Waals surface area contributed by atoms with E-state index in [9.17, 15) is 4.79 Å². The number of hydrogen-bond donors (Lipinski definition) is 1. The summed E-state index contributed by atoms with van der Waals surface area (Å²) in [5.41, 5.74) is 12.3. The Morgan fingerprint density at radius 3 is 1.73 bits per heavy atom. The van der Waals surface area contributed by atoms with Crippen LogP contribution in [0.4, 0.5) is 0 Å². The van der Waals surface area contributed by atoms with E-state index in [1.54, 1.807) is 12.3 Å². The van der Waals surface area contributed by atoms with Gasteiger partial charge in [0.15, 0.2) is 5.78 Å². The lowest BCUT2D eigenvalue weighted by molar-refractivity contribution is -0.127. The normalized spacial score (nSPS) is 12.8. The molecule has 0 radical (unpaired) electrons. The number of allylic oxidation sites excluding steroid dienone is 1. The molecule has 0 bridgehead atoms. The fraction of sp³-hybridized carbons (Fsp3) is 0.135. The summed E-state index contributed by atoms with van der Waals surface area (Å²) in [6.45, 7) is 1.10. The first-order valence-electron chi connectivity index (χ1n) is 14.0. The summed E-state index contributed by atoms with van der Waals surface area (Å²) in [6, 6.07) is 44.6. The van der Waals surface area contributed by atoms with Crippen molar-refractivity contribution < 1.29 is 4.79 Å². The van der Waals surface area contributed by atoms with Crippen molar-refractivity contribution in [2.45, 2.75) is 31.6 Å². The SMILES string of the molecule is NC(Cc1ccccc1)(C(=O)C=CCc1ccc(-c2ccccn2)cc1)N(Cc1ccccc1)Cc1ccccc1. The predicted octanol–water partition coefficient (Wildman–Crippen LogP) is 7.02. The molecular formula is C37H35N3O. The van der Waals surface area contributed by atoms with Crippen LogP contribution in [0.2, 0.25) is 0 Å². The third-order valence-electron chi connectivity index (χ3n) is 7.28. The summed E-state index contributed by atoms with van der Waals surface area (Å²) in [5, 5.41) is 0. The second-order valence-corrected chi connectivity index (χ2v) is 10.3. The number of benzene rings is 4. The zero-order valence-electron chi connectivity index (χ0n) is 23.1. The molecule has 5 rings (SSSR count). The van der Waals surface area contributed by atoms with Crippen LogP contribution in [-0.4, -0.2) is 21.3 Å². The quantitative estimate of drug-likeness (QED) is 0.137. The molecule has 5 aromatic rings. The topological polar surface area (TPSA) is 59.2 Å². The predicted molar refractivity (Wildman–Crippen MR) is 167 cm³/mol. The van der Waals surface area contributed by atoms with Gasteiger partial charge in [0.05, 0.1) is 5.69 Å². The standard InChI is InChI=1S/C37H35N3O/c38-37(27-31-13-4-1-5-14-31,40(28-32-15-6-2-7-16-32)29-33-17-8-3-9-18-33)36(41)21-12-19-30-22-24-34(25-23-30)35-20-10-11-26-39-35/h1-18,20-26H,19,27-29,38H2. The first-order valence-corrected chi connectivity index (χ1v) is 14.0. The molecule has 1 atom stereocenters. The van der Waals surface area contributed by atoms with Gasteiger partial charge in [0, 0.05) is 31.3 Å². The Morgan fingerprint density at radius 2 is 1.20 bits per heavy atom. The maximum absolute atomic E-state index is 14.1. The smallest absolute Gasteiger partial charge is 0.190 e. The monoisotopic (exact) mass is 537 g/mol. The van der Waals surface area contributed by atoms with Gasteiger partial charge in [0.25, 0.3) is 0 Å². The highest BCUT2D eigenvalue weighted by Gasteiger charge is 2.39. The Bertz CT molecular complexity index is 1500. The van der Waals surface area contributed by atoms with E-state index in [0.717, 1.165) is 33.5 Å². The van der Waals surface area contributed by atoms with Crippen LogP contribution in [0.3, 0.4) is 0 Å². The number of aromatic nitrogens is 1. The van der Waals surface area contributed by atoms with Gasteiger partial charge in [-0.3, -0.25) is 14.7 Å². The maximum atomic E-state index is 14.1. The molecule has 204 valence electrons. The van der Waals surface area contributed by atoms with E-state index in [2.05, 4.69) is 58.4 Å². The van der Waals surface area contributed by atoms with Crippen molar-refractivity contribution in [3.05, 3.63) is 174 Å². The first kappa shape index (κ1) is 27.9. The van der Waals surface area contributed by atoms with E-state index in [4.69, 9.17) is 5.73 Å². The molecule has 0 amide bonds. The van der Waals surface area contributed by atoms with Crippen LogP contribution < -0.4 is 5.73 Å². The Balaban J connectivity index is 1.40. The highest BCUT2D eigenvalue weighted by molar-refractivity contribution is 5.97. The van der Waals surface area contributed by atoms with Crippen molar-refractivity contribution in [3.8, 4) is 11.3 Å². The summed E-state index contributed by atoms with van der Waals surface area (Å²) in [6.07, 6.45) is 6.42. The van der Waals surface area contributed by atoms with Gasteiger partial charge in [-0.15, -0.1) is 0 Å². The van der Waals surface area contributed by atoms with Gasteiger partial charge in [-0.1, -0.05) is 127 Å². The summed E-state index contributed by atoms with van der Waals surface area (Å²) in [4.78, 5) is 20.6. The number of ketones is 1. The van der Waals surface area contributed by atoms with Crippen LogP contribution >= 0.6 is 0 Å². The molecule has 0 aliphatic carbocycles. The third-order valence-corrected chi connectivity index (χ3v) is 7.28. The van der Waals surface area contributed by atoms with Gasteiger partial charge in [-0.05, 0) is 46.9 Å². The summed E-state index contributed by atoms with van der Waals surface area (Å²) < 4.78 is 0. The lowest BCUT2D eigenvalue weighted by Crippen LogP contribution is -2.62. The molecule has 0 fully saturated rings. The molecule has 2 N–H and O–H groups in total. The molecule has 4 nitrogen and oxygen atoms in total. The largest absolute Gasteiger partial charge is 0.306 e. The molecule has 1 unspecified atom stereocenters. The number of nitrogens with zero attached hydrogens (tertiary/aromatic N) is 2. The van der Waals surface area contributed by atoms with E-state index in [0.29, 0.717) is 25.9 Å². The van der Waals surface area contributed by atoms with Crippen LogP contribution in [0.5, 0.6) is 0 Å². The van der Waals surface area contributed by atoms with Crippen LogP contribution in [-0.2, 0) is 30.7 Å². The minimum Gasteiger partial charge on any atom is -0.306 e. The number of carbonyl (C=O) groups is 1. The Hall–Kier alpha value is -4.64. The Labute approximate surface area is 242 Å². The number of carbonyl (C=O) groups excluding carboxylic acids is 1. The fourth-order valence-electron chi connectivity index (χ4n) is 5.00. The minimum atomic E-state index is -1.24. The molecular weight excluding hydrogens is 502 g/mol. The fourth-order valence-corrected chi connectivity index (χ4v) is 5.00. The maximum Gasteiger partial charge on any atom is 0.190 e. The van der Waals surface area contributed by atoms with E-state index >= 15 is 0 Å². The Kier molecular flexibility index (Phi) is 9.27. The van der Waals surface area contributed by atoms with E-state index in [1.165, 1.54) is 0 Å². The summed E-state index contributed by atoms with van der Waals surface area (Å²) in [5.74, 6) is -0.113. The highest BCUT2D eigenvalue weighted by atomic mass is 16.1. The van der Waals surface area contributed by atoms with Gasteiger partial charge in [-0.25, -0.2) is 0 Å². The summed E-state index contributed by atoms with van der Waals surface area (Å²) >= 11 is 0. The lowest BCUT2D eigenvalue weighted by Gasteiger charge is -2.40. The second-order valence-electron chi connectivity index (χ2n) is 10.3. The average molecular weight is 538 g/mol. The number of pyridine rings is 1. The lowest BCUT2D eigenvalue weighted by atomic mass is 9.92. The zero-order chi connectivity index (χ0) is 28.3. The Morgan fingerprint density at radius 1 is 0.659 bits per heavy atom. The van der Waals surface area contributed by atoms with Crippen molar-refractivity contribution >= 4 is 5.78 Å². The molecule has 4 aromatic carbocycles. The summed E-state index contributed by atoms with van der Waals surface area (Å²) in [7, 11) is 0. The average Bonchev–Trinajstić information content (AvgIpc) is 3.03. The molecule has 1 heterocycles. The van der Waals surface area contributed by atoms with Gasteiger partial charge in [0.2, 0.25) is 0 Å². The van der Waals surface area contributed by atoms with Gasteiger partial charge >= 0.3 is 0 Å². The van der Waals surface area contributed by atoms with E-state index in [1.807, 2.05) is 91.0 Å². The number of nitrogens with two attached hydrogens (primary N) is 1. The van der Waals surface area contributed by atoms with Crippen LogP contribution in [0.15, 0.2) is 152 Å². The molecule has 0 spiro atoms. The van der Waals surface area contributed by atoms with Crippen molar-refractivity contribution in [2.24, 2.45) is 5.73 Å². The van der Waals surface area contributed by atoms with Gasteiger partial charge in [0.1, 0.15) is 5.66 Å². The molecule has 41 heavy (non-hydrogen) atoms. The van der Waals surface area contributed by atoms with Gasteiger partial charge < -0.3 is 5.73 Å². The van der Waals surface area contributed by atoms with Crippen LogP contribution in [0, 0.1) is 0 Å². The number of rotatable bonds is 12. The molecule has 0 aliphatic rings. The van der Waals surface area contributed by atoms with Crippen molar-refractivity contribution in [3.63, 3.8) is 0 Å². The zero-order valence-corrected chi connectivity index (χ0v) is 23.1. The highest BCUT2D eigenvalue weighted by Crippen LogP contribution is 2.24. The van der Waals surface area contributed by atoms with Gasteiger partial charge in [-0.2, -0.15) is 0 Å². The molecule has 4 heteroatoms. The number of hydrogen-bond acceptors (Lipinski definition) is 4. The van der Waals surface area contributed by atoms with E-state index in [-0.39, 0.29) is 5.78 Å². The third kappa shape index (κ3) is 7.52. The second kappa shape index (κ2) is 13.6. The molecule has 0 saturated heterocycles. The molecule has 1 aromatic heterocycles. The van der Waals surface area contributed by atoms with Crippen molar-refractivity contribution in [1.82, 2.24) is 9.88 Å². The molecule has 0 aliphatic heterocycles. The van der Waals surface area contributed by atoms with Crippen molar-refractivity contribution in [2.75, 3.05) is 0 Å².